The van der Waals surface area contributed by atoms with Crippen LogP contribution in [0.1, 0.15) is 0 Å². The number of hydrogen-bond donors (Lipinski definition) is 0. The molecule has 0 heterocycles. The molecule has 0 amide bonds. The molecule has 2 unspecified atom stereocenters. The molecular formula is C35H29Cl4FeP2Pd. The summed E-state index contributed by atoms with van der Waals surface area (Å²) in [6, 6.07) is 43.1. The third-order valence-corrected chi connectivity index (χ3v) is 34.6. The average Bonchev–Trinajstić information content (AvgIpc) is 3.70. The van der Waals surface area contributed by atoms with Crippen LogP contribution in [0.5, 0.6) is 0 Å². The summed E-state index contributed by atoms with van der Waals surface area (Å²) in [4.78, 5) is 0.203. The number of allylic oxidation sites excluding steroid dienone is 8. The van der Waals surface area contributed by atoms with Gasteiger partial charge in [-0.1, -0.05) is 0 Å². The zero-order valence-corrected chi connectivity index (χ0v) is 30.3. The Bertz CT molecular complexity index is 1450. The van der Waals surface area contributed by atoms with E-state index in [9.17, 15) is 0 Å². The first-order valence-electron chi connectivity index (χ1n) is 13.5. The normalized spacial score (nSPS) is 18.8. The summed E-state index contributed by atoms with van der Waals surface area (Å²) in [6.45, 7) is 0. The van der Waals surface area contributed by atoms with Crippen molar-refractivity contribution in [3.63, 3.8) is 0 Å². The summed E-state index contributed by atoms with van der Waals surface area (Å²) in [6.07, 6.45) is 14.0. The van der Waals surface area contributed by atoms with Crippen molar-refractivity contribution < 1.29 is 22.9 Å². The summed E-state index contributed by atoms with van der Waals surface area (Å²) in [5, 5.41) is 7.91. The molecule has 0 aromatic heterocycles. The quantitative estimate of drug-likeness (QED) is 0.0850. The molecule has 225 valence electrons. The molecule has 0 aliphatic heterocycles. The summed E-state index contributed by atoms with van der Waals surface area (Å²) in [5.41, 5.74) is 0. The van der Waals surface area contributed by atoms with Gasteiger partial charge in [0.25, 0.3) is 0 Å². The van der Waals surface area contributed by atoms with Crippen LogP contribution in [0.25, 0.3) is 0 Å². The Labute approximate surface area is 281 Å². The second kappa shape index (κ2) is 14.6. The first-order valence-corrected chi connectivity index (χ1v) is 25.9. The Morgan fingerprint density at radius 3 is 1.09 bits per heavy atom. The first kappa shape index (κ1) is 32.0. The minimum absolute atomic E-state index is 0.101. The molecular weight excluding hydrogens is 786 g/mol. The van der Waals surface area contributed by atoms with Gasteiger partial charge < -0.3 is 0 Å². The van der Waals surface area contributed by atoms with E-state index >= 15 is 0 Å². The molecule has 0 saturated carbocycles. The van der Waals surface area contributed by atoms with Crippen molar-refractivity contribution >= 4 is 79.3 Å². The molecule has 0 radical (unpaired) electrons. The van der Waals surface area contributed by atoms with E-state index in [0.29, 0.717) is 0 Å². The molecule has 0 spiro atoms. The summed E-state index contributed by atoms with van der Waals surface area (Å²) >= 11 is 8.70. The number of benzene rings is 4. The fourth-order valence-corrected chi connectivity index (χ4v) is 27.7. The van der Waals surface area contributed by atoms with Gasteiger partial charge in [-0.25, -0.2) is 0 Å². The molecule has 0 nitrogen and oxygen atoms in total. The molecule has 0 bridgehead atoms. The molecule has 4 aromatic carbocycles. The van der Waals surface area contributed by atoms with Gasteiger partial charge in [0.15, 0.2) is 0 Å². The van der Waals surface area contributed by atoms with Gasteiger partial charge in [-0.2, -0.15) is 0 Å². The van der Waals surface area contributed by atoms with E-state index < -0.39 is 42.0 Å². The van der Waals surface area contributed by atoms with E-state index in [1.165, 1.54) is 31.8 Å². The summed E-state index contributed by atoms with van der Waals surface area (Å²) < 4.78 is -0.779. The standard InChI is InChI=1S/2C17H14P.CHCl2.2ClH.Fe.Pd/c2*1-3-9-15(10-4-1)18(17-13-7-8-14-17)16-11-5-2-6-12-16;2-1-3;;;;/h2*1-14H;1H;2*1H;;/q;;;;;;+2/p-2. The van der Waals surface area contributed by atoms with Crippen LogP contribution in [0.15, 0.2) is 168 Å². The van der Waals surface area contributed by atoms with Crippen LogP contribution in [0, 0.1) is 0 Å². The van der Waals surface area contributed by atoms with E-state index in [-0.39, 0.29) is 9.63 Å². The number of halogens is 4. The molecule has 6 rings (SSSR count). The van der Waals surface area contributed by atoms with Gasteiger partial charge in [0.2, 0.25) is 0 Å². The van der Waals surface area contributed by atoms with Crippen molar-refractivity contribution in [1.82, 2.24) is 0 Å². The molecule has 2 aliphatic rings. The predicted octanol–water partition coefficient (Wildman–Crippen LogP) is 10.5. The van der Waals surface area contributed by atoms with Crippen LogP contribution in [-0.2, 0) is 22.9 Å². The topological polar surface area (TPSA) is 0 Å². The summed E-state index contributed by atoms with van der Waals surface area (Å²) in [7, 11) is 13.1. The first-order chi connectivity index (χ1) is 20.9. The molecule has 4 aromatic rings. The fraction of sp³-hybridized carbons (Fsp3) is 0.0857. The van der Waals surface area contributed by atoms with Crippen molar-refractivity contribution in [2.75, 3.05) is 0 Å². The van der Waals surface area contributed by atoms with Gasteiger partial charge in [-0.15, -0.1) is 0 Å². The summed E-state index contributed by atoms with van der Waals surface area (Å²) in [5.74, 6) is 0. The van der Waals surface area contributed by atoms with Crippen LogP contribution in [0.2, 0.25) is 9.63 Å². The molecule has 0 N–H and O–H groups in total. The Kier molecular flexibility index (Phi) is 10.9. The zero-order chi connectivity index (χ0) is 29.8. The second-order valence-electron chi connectivity index (χ2n) is 9.57. The SMILES string of the molecule is Cl[CH](Cl)[Pd]([Cl])([Cl])[Fe]([CH]1C=CC(P(c2ccccc2)c2ccccc2)=C1)[CH]1C=CC(P(c2ccccc2)c2ccccc2)=C1. The van der Waals surface area contributed by atoms with Crippen LogP contribution >= 0.6 is 58.1 Å². The number of alkyl halides is 2. The average molecular weight is 816 g/mol. The van der Waals surface area contributed by atoms with E-state index in [1.54, 1.807) is 0 Å². The van der Waals surface area contributed by atoms with Gasteiger partial charge in [-0.3, -0.25) is 0 Å². The van der Waals surface area contributed by atoms with Gasteiger partial charge >= 0.3 is 284 Å². The minimum atomic E-state index is -3.25. The Morgan fingerprint density at radius 1 is 0.512 bits per heavy atom. The van der Waals surface area contributed by atoms with Gasteiger partial charge in [0.1, 0.15) is 0 Å². The molecule has 0 fully saturated rings. The van der Waals surface area contributed by atoms with Gasteiger partial charge in [0, 0.05) is 0 Å². The Hall–Kier alpha value is -0.958. The number of rotatable bonds is 10. The molecule has 2 aliphatic carbocycles. The molecule has 43 heavy (non-hydrogen) atoms. The third kappa shape index (κ3) is 7.23. The Morgan fingerprint density at radius 2 is 0.814 bits per heavy atom. The van der Waals surface area contributed by atoms with E-state index in [1.807, 2.05) is 0 Å². The van der Waals surface area contributed by atoms with Crippen LogP contribution in [0.3, 0.4) is 0 Å². The molecule has 8 heteroatoms. The van der Waals surface area contributed by atoms with Gasteiger partial charge in [-0.05, 0) is 0 Å². The molecule has 0 saturated heterocycles. The van der Waals surface area contributed by atoms with E-state index in [4.69, 9.17) is 42.3 Å². The van der Waals surface area contributed by atoms with E-state index in [2.05, 4.69) is 158 Å². The van der Waals surface area contributed by atoms with Gasteiger partial charge in [0.05, 0.1) is 0 Å². The second-order valence-corrected chi connectivity index (χ2v) is 34.1. The van der Waals surface area contributed by atoms with Crippen molar-refractivity contribution in [3.8, 4) is 0 Å². The predicted molar refractivity (Wildman–Crippen MR) is 187 cm³/mol. The van der Waals surface area contributed by atoms with Crippen molar-refractivity contribution in [2.45, 2.75) is 12.9 Å². The van der Waals surface area contributed by atoms with Crippen molar-refractivity contribution in [2.24, 2.45) is 0 Å². The van der Waals surface area contributed by atoms with Crippen molar-refractivity contribution in [1.29, 1.82) is 0 Å². The van der Waals surface area contributed by atoms with E-state index in [0.717, 1.165) is 0 Å². The van der Waals surface area contributed by atoms with Crippen LogP contribution in [-0.4, -0.2) is 3.31 Å². The molecule has 2 atom stereocenters. The number of hydrogen-bond acceptors (Lipinski definition) is 0. The maximum absolute atomic E-state index is 7.29. The Balaban J connectivity index is 1.39. The van der Waals surface area contributed by atoms with Crippen molar-refractivity contribution in [3.05, 3.63) is 168 Å². The fourth-order valence-electron chi connectivity index (χ4n) is 5.06. The monoisotopic (exact) mass is 813 g/mol. The maximum atomic E-state index is 7.29. The van der Waals surface area contributed by atoms with Crippen LogP contribution in [0.4, 0.5) is 0 Å². The zero-order valence-electron chi connectivity index (χ0n) is 22.8. The van der Waals surface area contributed by atoms with Crippen LogP contribution < -0.4 is 21.2 Å². The third-order valence-electron chi connectivity index (χ3n) is 6.86.